The number of urea groups is 1. The Morgan fingerprint density at radius 2 is 1.94 bits per heavy atom. The van der Waals surface area contributed by atoms with E-state index in [1.54, 1.807) is 24.0 Å². The van der Waals surface area contributed by atoms with Crippen LogP contribution in [-0.4, -0.2) is 59.3 Å². The third kappa shape index (κ3) is 5.42. The molecule has 32 heavy (non-hydrogen) atoms. The summed E-state index contributed by atoms with van der Waals surface area (Å²) in [4.78, 5) is 31.7. The zero-order valence-corrected chi connectivity index (χ0v) is 18.1. The van der Waals surface area contributed by atoms with Crippen LogP contribution in [0.2, 0.25) is 0 Å². The number of hydrogen-bond donors (Lipinski definition) is 2. The number of nitrogens with one attached hydrogen (secondary N) is 2. The average Bonchev–Trinajstić information content (AvgIpc) is 3.25. The summed E-state index contributed by atoms with van der Waals surface area (Å²) in [6.07, 6.45) is 1.96. The molecule has 0 saturated carbocycles. The maximum atomic E-state index is 13.1. The molecule has 10 heteroatoms. The standard InChI is InChI=1S/C22H28FN5O4/c1-14-25-21(32-27-14)18-6-9-28(22(30)24-12-15-2-4-17(23)5-3-15)13-19(18)26-20(29)16-7-10-31-11-8-16/h2-5,16,18-19H,6-13H2,1H3,(H,24,30)(H,26,29)/t18-,19+/m0/s1. The molecule has 4 rings (SSSR count). The molecule has 0 bridgehead atoms. The molecular weight excluding hydrogens is 417 g/mol. The van der Waals surface area contributed by atoms with Crippen molar-refractivity contribution >= 4 is 11.9 Å². The third-order valence-electron chi connectivity index (χ3n) is 6.04. The first-order valence-electron chi connectivity index (χ1n) is 10.9. The number of carbonyl (C=O) groups is 2. The van der Waals surface area contributed by atoms with Crippen molar-refractivity contribution < 1.29 is 23.2 Å². The molecule has 1 aromatic carbocycles. The van der Waals surface area contributed by atoms with Crippen LogP contribution < -0.4 is 10.6 Å². The van der Waals surface area contributed by atoms with Gasteiger partial charge in [-0.05, 0) is 43.9 Å². The predicted molar refractivity (Wildman–Crippen MR) is 112 cm³/mol. The molecule has 0 spiro atoms. The number of halogens is 1. The lowest BCUT2D eigenvalue weighted by atomic mass is 9.90. The highest BCUT2D eigenvalue weighted by molar-refractivity contribution is 5.79. The number of piperidine rings is 1. The molecule has 2 aliphatic heterocycles. The lowest BCUT2D eigenvalue weighted by Crippen LogP contribution is -2.56. The zero-order chi connectivity index (χ0) is 22.5. The van der Waals surface area contributed by atoms with Gasteiger partial charge in [0, 0.05) is 38.8 Å². The van der Waals surface area contributed by atoms with E-state index in [-0.39, 0.29) is 35.6 Å². The molecule has 3 heterocycles. The van der Waals surface area contributed by atoms with Gasteiger partial charge in [0.2, 0.25) is 11.8 Å². The van der Waals surface area contributed by atoms with Crippen LogP contribution in [0, 0.1) is 18.7 Å². The first-order chi connectivity index (χ1) is 15.5. The van der Waals surface area contributed by atoms with E-state index in [2.05, 4.69) is 20.8 Å². The molecule has 0 aliphatic carbocycles. The smallest absolute Gasteiger partial charge is 0.317 e. The number of rotatable bonds is 5. The highest BCUT2D eigenvalue weighted by Gasteiger charge is 2.37. The Bertz CT molecular complexity index is 929. The van der Waals surface area contributed by atoms with Crippen molar-refractivity contribution in [2.24, 2.45) is 5.92 Å². The van der Waals surface area contributed by atoms with Gasteiger partial charge >= 0.3 is 6.03 Å². The van der Waals surface area contributed by atoms with Crippen molar-refractivity contribution in [3.8, 4) is 0 Å². The van der Waals surface area contributed by atoms with Crippen molar-refractivity contribution in [3.05, 3.63) is 47.4 Å². The second-order valence-corrected chi connectivity index (χ2v) is 8.31. The normalized spacial score (nSPS) is 21.9. The third-order valence-corrected chi connectivity index (χ3v) is 6.04. The maximum absolute atomic E-state index is 13.1. The van der Waals surface area contributed by atoms with Crippen LogP contribution in [0.5, 0.6) is 0 Å². The average molecular weight is 445 g/mol. The van der Waals surface area contributed by atoms with Crippen LogP contribution >= 0.6 is 0 Å². The molecule has 2 aromatic rings. The molecule has 2 fully saturated rings. The summed E-state index contributed by atoms with van der Waals surface area (Å²) in [7, 11) is 0. The Morgan fingerprint density at radius 1 is 1.19 bits per heavy atom. The van der Waals surface area contributed by atoms with E-state index in [9.17, 15) is 14.0 Å². The summed E-state index contributed by atoms with van der Waals surface area (Å²) in [6.45, 7) is 4.02. The van der Waals surface area contributed by atoms with Crippen LogP contribution in [0.1, 0.15) is 42.5 Å². The summed E-state index contributed by atoms with van der Waals surface area (Å²) in [6, 6.07) is 5.42. The van der Waals surface area contributed by atoms with E-state index in [0.29, 0.717) is 63.8 Å². The molecule has 2 saturated heterocycles. The number of carbonyl (C=O) groups excluding carboxylic acids is 2. The maximum Gasteiger partial charge on any atom is 0.317 e. The minimum atomic E-state index is -0.337. The first-order valence-corrected chi connectivity index (χ1v) is 10.9. The molecule has 3 amide bonds. The minimum absolute atomic E-state index is 0.0342. The van der Waals surface area contributed by atoms with Crippen LogP contribution in [0.25, 0.3) is 0 Å². The fourth-order valence-corrected chi connectivity index (χ4v) is 4.19. The lowest BCUT2D eigenvalue weighted by molar-refractivity contribution is -0.129. The number of benzene rings is 1. The summed E-state index contributed by atoms with van der Waals surface area (Å²) in [5.41, 5.74) is 0.806. The number of nitrogens with zero attached hydrogens (tertiary/aromatic N) is 3. The molecule has 9 nitrogen and oxygen atoms in total. The minimum Gasteiger partial charge on any atom is -0.381 e. The van der Waals surface area contributed by atoms with E-state index in [1.165, 1.54) is 12.1 Å². The van der Waals surface area contributed by atoms with Gasteiger partial charge in [-0.2, -0.15) is 4.98 Å². The van der Waals surface area contributed by atoms with Crippen LogP contribution in [0.15, 0.2) is 28.8 Å². The van der Waals surface area contributed by atoms with Crippen molar-refractivity contribution in [3.63, 3.8) is 0 Å². The van der Waals surface area contributed by atoms with Gasteiger partial charge in [-0.15, -0.1) is 0 Å². The number of ether oxygens (including phenoxy) is 1. The quantitative estimate of drug-likeness (QED) is 0.730. The highest BCUT2D eigenvalue weighted by Crippen LogP contribution is 2.28. The molecule has 0 radical (unpaired) electrons. The summed E-state index contributed by atoms with van der Waals surface area (Å²) >= 11 is 0. The topological polar surface area (TPSA) is 110 Å². The van der Waals surface area contributed by atoms with Crippen molar-refractivity contribution in [2.75, 3.05) is 26.3 Å². The SMILES string of the molecule is Cc1noc([C@H]2CCN(C(=O)NCc3ccc(F)cc3)C[C@H]2NC(=O)C2CCOCC2)n1. The Kier molecular flexibility index (Phi) is 6.99. The monoisotopic (exact) mass is 445 g/mol. The van der Waals surface area contributed by atoms with Crippen LogP contribution in [0.3, 0.4) is 0 Å². The fraction of sp³-hybridized carbons (Fsp3) is 0.545. The highest BCUT2D eigenvalue weighted by atomic mass is 19.1. The molecule has 2 N–H and O–H groups in total. The zero-order valence-electron chi connectivity index (χ0n) is 18.1. The Morgan fingerprint density at radius 3 is 2.62 bits per heavy atom. The predicted octanol–water partition coefficient (Wildman–Crippen LogP) is 2.13. The molecule has 0 unspecified atom stereocenters. The largest absolute Gasteiger partial charge is 0.381 e. The van der Waals surface area contributed by atoms with Gasteiger partial charge < -0.3 is 24.8 Å². The number of aromatic nitrogens is 2. The van der Waals surface area contributed by atoms with Gasteiger partial charge in [-0.25, -0.2) is 9.18 Å². The van der Waals surface area contributed by atoms with E-state index >= 15 is 0 Å². The van der Waals surface area contributed by atoms with Crippen molar-refractivity contribution in [2.45, 2.75) is 44.7 Å². The number of hydrogen-bond acceptors (Lipinski definition) is 6. The van der Waals surface area contributed by atoms with Crippen molar-refractivity contribution in [1.29, 1.82) is 0 Å². The van der Waals surface area contributed by atoms with E-state index in [4.69, 9.17) is 9.26 Å². The molecule has 2 atom stereocenters. The van der Waals surface area contributed by atoms with Gasteiger partial charge in [0.05, 0.1) is 12.0 Å². The van der Waals surface area contributed by atoms with Crippen LogP contribution in [-0.2, 0) is 16.1 Å². The van der Waals surface area contributed by atoms with Gasteiger partial charge in [0.1, 0.15) is 5.82 Å². The Hall–Kier alpha value is -3.01. The number of likely N-dealkylation sites (tertiary alicyclic amines) is 1. The molecule has 172 valence electrons. The summed E-state index contributed by atoms with van der Waals surface area (Å²) in [5, 5.41) is 9.88. The lowest BCUT2D eigenvalue weighted by Gasteiger charge is -2.38. The summed E-state index contributed by atoms with van der Waals surface area (Å²) < 4.78 is 23.8. The molecule has 1 aromatic heterocycles. The van der Waals surface area contributed by atoms with Gasteiger partial charge in [0.15, 0.2) is 5.82 Å². The van der Waals surface area contributed by atoms with Gasteiger partial charge in [-0.3, -0.25) is 4.79 Å². The molecular formula is C22H28FN5O4. The van der Waals surface area contributed by atoms with Crippen LogP contribution in [0.4, 0.5) is 9.18 Å². The Labute approximate surface area is 185 Å². The summed E-state index contributed by atoms with van der Waals surface area (Å²) in [5.74, 6) is 0.396. The Balaban J connectivity index is 1.41. The van der Waals surface area contributed by atoms with E-state index in [1.807, 2.05) is 0 Å². The fourth-order valence-electron chi connectivity index (χ4n) is 4.19. The second-order valence-electron chi connectivity index (χ2n) is 8.31. The first kappa shape index (κ1) is 22.2. The second kappa shape index (κ2) is 10.1. The number of aryl methyl sites for hydroxylation is 1. The van der Waals surface area contributed by atoms with Crippen molar-refractivity contribution in [1.82, 2.24) is 25.7 Å². The van der Waals surface area contributed by atoms with E-state index in [0.717, 1.165) is 5.56 Å². The number of amides is 3. The van der Waals surface area contributed by atoms with E-state index < -0.39 is 0 Å². The van der Waals surface area contributed by atoms with Gasteiger partial charge in [0.25, 0.3) is 0 Å². The molecule has 2 aliphatic rings. The van der Waals surface area contributed by atoms with Gasteiger partial charge in [-0.1, -0.05) is 17.3 Å².